The van der Waals surface area contributed by atoms with Gasteiger partial charge < -0.3 is 19.0 Å². The van der Waals surface area contributed by atoms with Crippen LogP contribution in [0.5, 0.6) is 0 Å². The number of hydrogen-bond donors (Lipinski definition) is 1. The summed E-state index contributed by atoms with van der Waals surface area (Å²) in [6.45, 7) is 2.89. The largest absolute Gasteiger partial charge is 0.453 e. The number of benzene rings is 1. The fraction of sp³-hybridized carbons (Fsp3) is 0.250. The third kappa shape index (κ3) is 3.09. The van der Waals surface area contributed by atoms with Crippen LogP contribution in [0.25, 0.3) is 10.9 Å². The number of nitrogens with one attached hydrogen (secondary N) is 1. The molecule has 1 amide bonds. The molecule has 1 atom stereocenters. The average molecular weight is 401 g/mol. The molecule has 4 heterocycles. The minimum absolute atomic E-state index is 0.144. The van der Waals surface area contributed by atoms with Crippen LogP contribution in [0.4, 0.5) is 0 Å². The minimum Gasteiger partial charge on any atom is -0.453 e. The molecule has 0 fully saturated rings. The van der Waals surface area contributed by atoms with Gasteiger partial charge in [0.25, 0.3) is 5.91 Å². The first-order chi connectivity index (χ1) is 14.7. The van der Waals surface area contributed by atoms with Crippen molar-refractivity contribution in [3.05, 3.63) is 88.8 Å². The minimum atomic E-state index is -0.301. The molecule has 1 aliphatic heterocycles. The number of ether oxygens (including phenoxy) is 1. The zero-order chi connectivity index (χ0) is 20.7. The number of H-pyrrole nitrogens is 1. The number of amides is 1. The molecule has 1 N–H and O–H groups in total. The summed E-state index contributed by atoms with van der Waals surface area (Å²) in [5.41, 5.74) is 5.12. The Kier molecular flexibility index (Phi) is 4.64. The number of carbonyl (C=O) groups excluding carboxylic acids is 1. The Hall–Kier alpha value is -3.38. The smallest absolute Gasteiger partial charge is 0.290 e. The van der Waals surface area contributed by atoms with Gasteiger partial charge in [-0.3, -0.25) is 9.78 Å². The Bertz CT molecular complexity index is 1220. The van der Waals surface area contributed by atoms with E-state index in [1.54, 1.807) is 19.2 Å². The van der Waals surface area contributed by atoms with Crippen LogP contribution in [0.1, 0.15) is 45.0 Å². The van der Waals surface area contributed by atoms with Crippen LogP contribution in [-0.2, 0) is 17.8 Å². The van der Waals surface area contributed by atoms with Crippen molar-refractivity contribution in [2.75, 3.05) is 13.7 Å². The van der Waals surface area contributed by atoms with Crippen LogP contribution < -0.4 is 0 Å². The van der Waals surface area contributed by atoms with Gasteiger partial charge in [-0.2, -0.15) is 0 Å². The van der Waals surface area contributed by atoms with Gasteiger partial charge in [0.1, 0.15) is 18.4 Å². The van der Waals surface area contributed by atoms with E-state index in [0.717, 1.165) is 29.0 Å². The quantitative estimate of drug-likeness (QED) is 0.550. The first kappa shape index (κ1) is 18.6. The second-order valence-electron chi connectivity index (χ2n) is 7.62. The van der Waals surface area contributed by atoms with Gasteiger partial charge >= 0.3 is 0 Å². The van der Waals surface area contributed by atoms with Crippen molar-refractivity contribution in [1.29, 1.82) is 0 Å². The van der Waals surface area contributed by atoms with Crippen LogP contribution in [0.3, 0.4) is 0 Å². The Balaban J connectivity index is 1.62. The molecule has 6 heteroatoms. The maximum Gasteiger partial charge on any atom is 0.290 e. The third-order valence-corrected chi connectivity index (χ3v) is 5.64. The van der Waals surface area contributed by atoms with Crippen LogP contribution in [-0.4, -0.2) is 34.4 Å². The first-order valence-electron chi connectivity index (χ1n) is 10.1. The SMILES string of the molecule is COCc1ccc(C(=O)N2CCc3c([nH]c4ccccc34)[C@@H]2c2cccc(C)n2)o1. The summed E-state index contributed by atoms with van der Waals surface area (Å²) in [7, 11) is 1.60. The molecule has 0 radical (unpaired) electrons. The normalized spacial score (nSPS) is 16.1. The topological polar surface area (TPSA) is 71.4 Å². The summed E-state index contributed by atoms with van der Waals surface area (Å²) in [6, 6.07) is 17.4. The van der Waals surface area contributed by atoms with E-state index in [9.17, 15) is 4.79 Å². The molecular formula is C24H23N3O3. The van der Waals surface area contributed by atoms with E-state index in [1.807, 2.05) is 42.2 Å². The lowest BCUT2D eigenvalue weighted by molar-refractivity contribution is 0.0648. The molecule has 0 spiro atoms. The molecule has 0 saturated heterocycles. The van der Waals surface area contributed by atoms with Crippen LogP contribution >= 0.6 is 0 Å². The van der Waals surface area contributed by atoms with Gasteiger partial charge in [0.05, 0.1) is 5.69 Å². The monoisotopic (exact) mass is 401 g/mol. The molecule has 3 aromatic heterocycles. The van der Waals surface area contributed by atoms with Crippen LogP contribution in [0.15, 0.2) is 59.0 Å². The van der Waals surface area contributed by atoms with E-state index in [0.29, 0.717) is 24.7 Å². The molecular weight excluding hydrogens is 378 g/mol. The number of aromatic amines is 1. The first-order valence-corrected chi connectivity index (χ1v) is 10.1. The van der Waals surface area contributed by atoms with E-state index in [4.69, 9.17) is 14.1 Å². The number of methoxy groups -OCH3 is 1. The number of hydrogen-bond acceptors (Lipinski definition) is 4. The second kappa shape index (κ2) is 7.46. The number of furan rings is 1. The van der Waals surface area contributed by atoms with Gasteiger partial charge in [-0.25, -0.2) is 0 Å². The highest BCUT2D eigenvalue weighted by atomic mass is 16.5. The lowest BCUT2D eigenvalue weighted by atomic mass is 9.94. The predicted molar refractivity (Wildman–Crippen MR) is 113 cm³/mol. The summed E-state index contributed by atoms with van der Waals surface area (Å²) in [6.07, 6.45) is 0.777. The average Bonchev–Trinajstić information content (AvgIpc) is 3.37. The Labute approximate surface area is 174 Å². The van der Waals surface area contributed by atoms with Crippen molar-refractivity contribution in [3.8, 4) is 0 Å². The van der Waals surface area contributed by atoms with Crippen molar-refractivity contribution >= 4 is 16.8 Å². The summed E-state index contributed by atoms with van der Waals surface area (Å²) in [4.78, 5) is 23.6. The van der Waals surface area contributed by atoms with Crippen molar-refractivity contribution < 1.29 is 13.9 Å². The number of pyridine rings is 1. The molecule has 1 aliphatic rings. The van der Waals surface area contributed by atoms with E-state index < -0.39 is 0 Å². The van der Waals surface area contributed by atoms with Crippen LogP contribution in [0, 0.1) is 6.92 Å². The fourth-order valence-electron chi connectivity index (χ4n) is 4.34. The summed E-state index contributed by atoms with van der Waals surface area (Å²) in [5.74, 6) is 0.809. The van der Waals surface area contributed by atoms with Gasteiger partial charge in [0.15, 0.2) is 5.76 Å². The fourth-order valence-corrected chi connectivity index (χ4v) is 4.34. The number of para-hydroxylation sites is 1. The third-order valence-electron chi connectivity index (χ3n) is 5.64. The van der Waals surface area contributed by atoms with E-state index in [2.05, 4.69) is 17.1 Å². The molecule has 4 aromatic rings. The number of rotatable bonds is 4. The Morgan fingerprint density at radius 3 is 2.90 bits per heavy atom. The Morgan fingerprint density at radius 1 is 1.20 bits per heavy atom. The summed E-state index contributed by atoms with van der Waals surface area (Å²) in [5, 5.41) is 1.21. The van der Waals surface area contributed by atoms with Crippen molar-refractivity contribution in [3.63, 3.8) is 0 Å². The molecule has 30 heavy (non-hydrogen) atoms. The molecule has 0 aliphatic carbocycles. The van der Waals surface area contributed by atoms with Gasteiger partial charge in [-0.1, -0.05) is 24.3 Å². The summed E-state index contributed by atoms with van der Waals surface area (Å²) >= 11 is 0. The standard InChI is InChI=1S/C24H23N3O3/c1-15-6-5-9-20(25-15)23-22-18(17-7-3-4-8-19(17)26-22)12-13-27(23)24(28)21-11-10-16(30-21)14-29-2/h3-11,23,26H,12-14H2,1-2H3/t23-/m0/s1. The van der Waals surface area contributed by atoms with Crippen LogP contribution in [0.2, 0.25) is 0 Å². The number of fused-ring (bicyclic) bond motifs is 3. The highest BCUT2D eigenvalue weighted by molar-refractivity contribution is 5.93. The highest BCUT2D eigenvalue weighted by Gasteiger charge is 2.36. The zero-order valence-corrected chi connectivity index (χ0v) is 17.0. The van der Waals surface area contributed by atoms with Gasteiger partial charge in [0.2, 0.25) is 0 Å². The number of aryl methyl sites for hydroxylation is 1. The lowest BCUT2D eigenvalue weighted by Crippen LogP contribution is -2.40. The number of nitrogens with zero attached hydrogens (tertiary/aromatic N) is 2. The van der Waals surface area contributed by atoms with Crippen molar-refractivity contribution in [1.82, 2.24) is 14.9 Å². The van der Waals surface area contributed by atoms with Gasteiger partial charge in [-0.15, -0.1) is 0 Å². The Morgan fingerprint density at radius 2 is 2.07 bits per heavy atom. The molecule has 6 nitrogen and oxygen atoms in total. The molecule has 1 aromatic carbocycles. The highest BCUT2D eigenvalue weighted by Crippen LogP contribution is 2.38. The van der Waals surface area contributed by atoms with E-state index >= 15 is 0 Å². The van der Waals surface area contributed by atoms with Crippen molar-refractivity contribution in [2.45, 2.75) is 26.0 Å². The van der Waals surface area contributed by atoms with Gasteiger partial charge in [0, 0.05) is 35.9 Å². The van der Waals surface area contributed by atoms with E-state index in [1.165, 1.54) is 10.9 Å². The van der Waals surface area contributed by atoms with Crippen molar-refractivity contribution in [2.24, 2.45) is 0 Å². The molecule has 0 unspecified atom stereocenters. The molecule has 0 saturated carbocycles. The van der Waals surface area contributed by atoms with Gasteiger partial charge in [-0.05, 0) is 49.2 Å². The number of aromatic nitrogens is 2. The zero-order valence-electron chi connectivity index (χ0n) is 17.0. The van der Waals surface area contributed by atoms with E-state index in [-0.39, 0.29) is 11.9 Å². The maximum atomic E-state index is 13.5. The lowest BCUT2D eigenvalue weighted by Gasteiger charge is -2.35. The molecule has 0 bridgehead atoms. The number of carbonyl (C=O) groups is 1. The molecule has 5 rings (SSSR count). The maximum absolute atomic E-state index is 13.5. The molecule has 152 valence electrons. The second-order valence-corrected chi connectivity index (χ2v) is 7.62. The predicted octanol–water partition coefficient (Wildman–Crippen LogP) is 4.40. The summed E-state index contributed by atoms with van der Waals surface area (Å²) < 4.78 is 10.9.